The first-order valence-corrected chi connectivity index (χ1v) is 10.9. The highest BCUT2D eigenvalue weighted by atomic mass is 35.5. The van der Waals surface area contributed by atoms with Crippen LogP contribution in [0.4, 0.5) is 0 Å². The number of likely N-dealkylation sites (tertiary alicyclic amines) is 1. The molecule has 4 rings (SSSR count). The highest BCUT2D eigenvalue weighted by Gasteiger charge is 2.47. The molecule has 8 heteroatoms. The van der Waals surface area contributed by atoms with Crippen LogP contribution in [-0.2, 0) is 16.1 Å². The lowest BCUT2D eigenvalue weighted by Crippen LogP contribution is -2.29. The summed E-state index contributed by atoms with van der Waals surface area (Å²) in [5, 5.41) is 11.7. The number of carbonyl (C=O) groups is 2. The molecule has 2 heterocycles. The Morgan fingerprint density at radius 3 is 2.56 bits per heavy atom. The van der Waals surface area contributed by atoms with Gasteiger partial charge in [0.1, 0.15) is 17.3 Å². The summed E-state index contributed by atoms with van der Waals surface area (Å²) in [6, 6.07) is 13.1. The van der Waals surface area contributed by atoms with Gasteiger partial charge in [-0.15, -0.1) is 0 Å². The molecule has 1 aromatic heterocycles. The number of aromatic nitrogens is 1. The van der Waals surface area contributed by atoms with E-state index in [1.54, 1.807) is 61.8 Å². The normalized spacial score (nSPS) is 17.2. The van der Waals surface area contributed by atoms with Crippen molar-refractivity contribution in [2.45, 2.75) is 19.5 Å². The second kappa shape index (κ2) is 9.57. The average Bonchev–Trinajstić information content (AvgIpc) is 3.08. The highest BCUT2D eigenvalue weighted by Crippen LogP contribution is 2.45. The molecule has 0 bridgehead atoms. The number of halogens is 1. The van der Waals surface area contributed by atoms with Crippen LogP contribution in [0.5, 0.6) is 11.5 Å². The van der Waals surface area contributed by atoms with Crippen LogP contribution < -0.4 is 9.47 Å². The number of aliphatic hydroxyl groups excluding tert-OH is 1. The fourth-order valence-corrected chi connectivity index (χ4v) is 4.56. The first-order valence-electron chi connectivity index (χ1n) is 10.5. The molecule has 1 aliphatic heterocycles. The minimum Gasteiger partial charge on any atom is -0.507 e. The Hall–Kier alpha value is -3.84. The van der Waals surface area contributed by atoms with Crippen LogP contribution in [-0.4, -0.2) is 40.9 Å². The van der Waals surface area contributed by atoms with E-state index in [2.05, 4.69) is 4.98 Å². The molecule has 2 aromatic carbocycles. The highest BCUT2D eigenvalue weighted by molar-refractivity contribution is 6.46. The molecule has 1 atom stereocenters. The molecule has 1 aliphatic rings. The lowest BCUT2D eigenvalue weighted by Gasteiger charge is -2.26. The van der Waals surface area contributed by atoms with Gasteiger partial charge in [-0.2, -0.15) is 0 Å². The van der Waals surface area contributed by atoms with E-state index in [0.717, 1.165) is 11.1 Å². The molecule has 0 spiro atoms. The van der Waals surface area contributed by atoms with E-state index in [4.69, 9.17) is 21.1 Å². The quantitative estimate of drug-likeness (QED) is 0.314. The van der Waals surface area contributed by atoms with Crippen LogP contribution in [0.15, 0.2) is 66.5 Å². The van der Waals surface area contributed by atoms with E-state index in [1.165, 1.54) is 19.1 Å². The van der Waals surface area contributed by atoms with Crippen LogP contribution in [0.1, 0.15) is 28.3 Å². The van der Waals surface area contributed by atoms with Gasteiger partial charge in [0.15, 0.2) is 0 Å². The molecule has 1 fully saturated rings. The van der Waals surface area contributed by atoms with Gasteiger partial charge in [0.25, 0.3) is 11.7 Å². The second-order valence-corrected chi connectivity index (χ2v) is 8.26. The minimum absolute atomic E-state index is 0.0710. The summed E-state index contributed by atoms with van der Waals surface area (Å²) in [5.41, 5.74) is 2.21. The van der Waals surface area contributed by atoms with Crippen molar-refractivity contribution >= 4 is 29.1 Å². The van der Waals surface area contributed by atoms with Crippen molar-refractivity contribution in [1.29, 1.82) is 0 Å². The summed E-state index contributed by atoms with van der Waals surface area (Å²) < 4.78 is 10.9. The van der Waals surface area contributed by atoms with E-state index in [-0.39, 0.29) is 34.2 Å². The molecule has 174 valence electrons. The van der Waals surface area contributed by atoms with Gasteiger partial charge in [0.05, 0.1) is 36.4 Å². The number of para-hydroxylation sites is 1. The predicted octanol–water partition coefficient (Wildman–Crippen LogP) is 4.68. The Kier molecular flexibility index (Phi) is 6.56. The Labute approximate surface area is 202 Å². The number of pyridine rings is 1. The van der Waals surface area contributed by atoms with Gasteiger partial charge in [-0.3, -0.25) is 14.6 Å². The van der Waals surface area contributed by atoms with Gasteiger partial charge in [-0.05, 0) is 42.3 Å². The van der Waals surface area contributed by atoms with Crippen LogP contribution in [0, 0.1) is 6.92 Å². The largest absolute Gasteiger partial charge is 0.507 e. The average molecular weight is 479 g/mol. The van der Waals surface area contributed by atoms with Crippen molar-refractivity contribution in [1.82, 2.24) is 9.88 Å². The molecule has 0 aliphatic carbocycles. The summed E-state index contributed by atoms with van der Waals surface area (Å²) >= 11 is 6.34. The minimum atomic E-state index is -0.902. The Morgan fingerprint density at radius 2 is 1.88 bits per heavy atom. The number of hydrogen-bond donors (Lipinski definition) is 1. The second-order valence-electron chi connectivity index (χ2n) is 7.86. The predicted molar refractivity (Wildman–Crippen MR) is 128 cm³/mol. The number of benzene rings is 2. The zero-order chi connectivity index (χ0) is 24.4. The van der Waals surface area contributed by atoms with Crippen molar-refractivity contribution in [2.24, 2.45) is 0 Å². The third-order valence-corrected chi connectivity index (χ3v) is 5.98. The van der Waals surface area contributed by atoms with E-state index in [0.29, 0.717) is 11.3 Å². The molecule has 1 amide bonds. The first kappa shape index (κ1) is 23.3. The molecule has 0 saturated carbocycles. The zero-order valence-electron chi connectivity index (χ0n) is 18.9. The summed E-state index contributed by atoms with van der Waals surface area (Å²) in [6.45, 7) is 1.92. The molecule has 1 saturated heterocycles. The molecular formula is C26H23ClN2O5. The Balaban J connectivity index is 1.97. The Morgan fingerprint density at radius 1 is 1.12 bits per heavy atom. The Bertz CT molecular complexity index is 1290. The van der Waals surface area contributed by atoms with Crippen LogP contribution in [0.3, 0.4) is 0 Å². The zero-order valence-corrected chi connectivity index (χ0v) is 19.7. The maximum absolute atomic E-state index is 13.3. The number of ether oxygens (including phenoxy) is 2. The third-order valence-electron chi connectivity index (χ3n) is 5.70. The van der Waals surface area contributed by atoms with Crippen LogP contribution >= 0.6 is 11.6 Å². The van der Waals surface area contributed by atoms with Gasteiger partial charge in [-0.25, -0.2) is 0 Å². The van der Waals surface area contributed by atoms with Gasteiger partial charge in [-0.1, -0.05) is 35.9 Å². The summed E-state index contributed by atoms with van der Waals surface area (Å²) in [4.78, 5) is 32.1. The molecule has 0 radical (unpaired) electrons. The fraction of sp³-hybridized carbons (Fsp3) is 0.192. The number of rotatable bonds is 6. The maximum Gasteiger partial charge on any atom is 0.295 e. The maximum atomic E-state index is 13.3. The number of nitrogens with zero attached hydrogens (tertiary/aromatic N) is 2. The smallest absolute Gasteiger partial charge is 0.295 e. The SMILES string of the molecule is COc1ccccc1C1/C(=C(\O)c2cc(C)cc(Cl)c2OC)C(=O)C(=O)N1Cc1cccnc1. The lowest BCUT2D eigenvalue weighted by molar-refractivity contribution is -0.140. The lowest BCUT2D eigenvalue weighted by atomic mass is 9.93. The van der Waals surface area contributed by atoms with Crippen molar-refractivity contribution in [2.75, 3.05) is 14.2 Å². The van der Waals surface area contributed by atoms with E-state index < -0.39 is 17.7 Å². The number of carbonyl (C=O) groups excluding carboxylic acids is 2. The number of hydrogen-bond acceptors (Lipinski definition) is 6. The number of aryl methyl sites for hydroxylation is 1. The first-order chi connectivity index (χ1) is 16.4. The van der Waals surface area contributed by atoms with Gasteiger partial charge >= 0.3 is 0 Å². The molecular weight excluding hydrogens is 456 g/mol. The molecule has 3 aromatic rings. The van der Waals surface area contributed by atoms with Crippen molar-refractivity contribution in [3.05, 3.63) is 93.8 Å². The van der Waals surface area contributed by atoms with Crippen LogP contribution in [0.25, 0.3) is 5.76 Å². The molecule has 1 unspecified atom stereocenters. The number of Topliss-reactive ketones (excluding diaryl/α,β-unsaturated/α-hetero) is 1. The standard InChI is InChI=1S/C26H23ClN2O5/c1-15-11-18(25(34-3)19(27)12-15)23(30)21-22(17-8-4-5-9-20(17)33-2)29(26(32)24(21)31)14-16-7-6-10-28-13-16/h4-13,22,30H,14H2,1-3H3/b23-21+. The number of aliphatic hydroxyl groups is 1. The number of amides is 1. The molecule has 7 nitrogen and oxygen atoms in total. The van der Waals surface area contributed by atoms with Gasteiger partial charge in [0.2, 0.25) is 0 Å². The molecule has 1 N–H and O–H groups in total. The number of methoxy groups -OCH3 is 2. The van der Waals surface area contributed by atoms with Gasteiger partial charge in [0, 0.05) is 24.5 Å². The van der Waals surface area contributed by atoms with Crippen LogP contribution in [0.2, 0.25) is 5.02 Å². The van der Waals surface area contributed by atoms with Crippen molar-refractivity contribution in [3.8, 4) is 11.5 Å². The van der Waals surface area contributed by atoms with Crippen molar-refractivity contribution in [3.63, 3.8) is 0 Å². The fourth-order valence-electron chi connectivity index (χ4n) is 4.20. The molecule has 34 heavy (non-hydrogen) atoms. The summed E-state index contributed by atoms with van der Waals surface area (Å²) in [7, 11) is 2.93. The van der Waals surface area contributed by atoms with E-state index in [1.807, 2.05) is 6.07 Å². The van der Waals surface area contributed by atoms with Gasteiger partial charge < -0.3 is 19.5 Å². The third kappa shape index (κ3) is 4.10. The number of ketones is 1. The summed E-state index contributed by atoms with van der Waals surface area (Å²) in [6.07, 6.45) is 3.26. The van der Waals surface area contributed by atoms with E-state index in [9.17, 15) is 14.7 Å². The topological polar surface area (TPSA) is 89.0 Å². The van der Waals surface area contributed by atoms with E-state index >= 15 is 0 Å². The monoisotopic (exact) mass is 478 g/mol. The van der Waals surface area contributed by atoms with Crippen molar-refractivity contribution < 1.29 is 24.2 Å². The summed E-state index contributed by atoms with van der Waals surface area (Å²) in [5.74, 6) is -1.23.